The Labute approximate surface area is 192 Å². The summed E-state index contributed by atoms with van der Waals surface area (Å²) in [5, 5.41) is 3.57. The van der Waals surface area contributed by atoms with Gasteiger partial charge in [0.25, 0.3) is 5.91 Å². The van der Waals surface area contributed by atoms with Gasteiger partial charge >= 0.3 is 0 Å². The van der Waals surface area contributed by atoms with E-state index in [0.29, 0.717) is 62.6 Å². The van der Waals surface area contributed by atoms with Crippen molar-refractivity contribution in [1.82, 2.24) is 14.5 Å². The van der Waals surface area contributed by atoms with Crippen LogP contribution in [0.4, 0.5) is 0 Å². The summed E-state index contributed by atoms with van der Waals surface area (Å²) in [6.45, 7) is 1.72. The van der Waals surface area contributed by atoms with Crippen molar-refractivity contribution in [2.24, 2.45) is 5.92 Å². The number of halogens is 1. The van der Waals surface area contributed by atoms with Crippen LogP contribution in [0.5, 0.6) is 0 Å². The van der Waals surface area contributed by atoms with Crippen molar-refractivity contribution in [3.8, 4) is 0 Å². The topological polar surface area (TPSA) is 99.9 Å². The molecule has 0 atom stereocenters. The van der Waals surface area contributed by atoms with Gasteiger partial charge in [0.15, 0.2) is 5.76 Å². The minimum absolute atomic E-state index is 0.0129. The number of rotatable bonds is 5. The summed E-state index contributed by atoms with van der Waals surface area (Å²) in [7, 11) is -3.59. The quantitative estimate of drug-likeness (QED) is 0.710. The van der Waals surface area contributed by atoms with E-state index in [1.807, 2.05) is 0 Å². The molecule has 2 saturated heterocycles. The molecule has 1 aromatic heterocycles. The molecule has 2 aromatic rings. The average molecular weight is 480 g/mol. The van der Waals surface area contributed by atoms with E-state index in [2.05, 4.69) is 5.32 Å². The van der Waals surface area contributed by atoms with Crippen LogP contribution in [-0.4, -0.2) is 61.7 Å². The molecule has 1 aromatic carbocycles. The van der Waals surface area contributed by atoms with Gasteiger partial charge in [-0.15, -0.1) is 0 Å². The van der Waals surface area contributed by atoms with E-state index in [0.717, 1.165) is 0 Å². The first-order valence-corrected chi connectivity index (χ1v) is 12.6. The number of furan rings is 1. The van der Waals surface area contributed by atoms with Crippen molar-refractivity contribution >= 4 is 33.4 Å². The molecule has 4 rings (SSSR count). The summed E-state index contributed by atoms with van der Waals surface area (Å²) < 4.78 is 32.2. The molecule has 8 nitrogen and oxygen atoms in total. The third kappa shape index (κ3) is 5.00. The Hall–Kier alpha value is -2.36. The number of nitrogens with zero attached hydrogens (tertiary/aromatic N) is 2. The summed E-state index contributed by atoms with van der Waals surface area (Å²) in [5.74, 6) is -0.0550. The number of amides is 2. The molecule has 32 heavy (non-hydrogen) atoms. The van der Waals surface area contributed by atoms with Gasteiger partial charge in [-0.3, -0.25) is 9.59 Å². The number of benzene rings is 1. The Morgan fingerprint density at radius 2 is 1.62 bits per heavy atom. The second-order valence-electron chi connectivity index (χ2n) is 8.18. The van der Waals surface area contributed by atoms with Crippen LogP contribution >= 0.6 is 11.6 Å². The molecule has 0 aliphatic carbocycles. The highest BCUT2D eigenvalue weighted by Gasteiger charge is 2.33. The lowest BCUT2D eigenvalue weighted by atomic mass is 9.96. The standard InChI is InChI=1S/C22H26ClN3O5S/c23-17-3-5-19(6-4-17)32(29,30)26-13-7-16(8-14-26)21(27)24-18-9-11-25(12-10-18)22(28)20-2-1-15-31-20/h1-6,15-16,18H,7-14H2,(H,24,27). The third-order valence-electron chi connectivity index (χ3n) is 6.14. The highest BCUT2D eigenvalue weighted by atomic mass is 35.5. The molecule has 0 bridgehead atoms. The van der Waals surface area contributed by atoms with Gasteiger partial charge in [0.2, 0.25) is 15.9 Å². The van der Waals surface area contributed by atoms with Crippen LogP contribution in [0.3, 0.4) is 0 Å². The van der Waals surface area contributed by atoms with Gasteiger partial charge in [-0.1, -0.05) is 11.6 Å². The molecule has 172 valence electrons. The number of carbonyl (C=O) groups excluding carboxylic acids is 2. The number of piperidine rings is 2. The number of likely N-dealkylation sites (tertiary alicyclic amines) is 1. The fourth-order valence-corrected chi connectivity index (χ4v) is 5.81. The average Bonchev–Trinajstić information content (AvgIpc) is 3.34. The van der Waals surface area contributed by atoms with Crippen molar-refractivity contribution in [2.75, 3.05) is 26.2 Å². The van der Waals surface area contributed by atoms with Gasteiger partial charge < -0.3 is 14.6 Å². The smallest absolute Gasteiger partial charge is 0.289 e. The van der Waals surface area contributed by atoms with Crippen LogP contribution < -0.4 is 5.32 Å². The van der Waals surface area contributed by atoms with Crippen LogP contribution in [0.2, 0.25) is 5.02 Å². The van der Waals surface area contributed by atoms with E-state index >= 15 is 0 Å². The van der Waals surface area contributed by atoms with Gasteiger partial charge in [-0.05, 0) is 62.1 Å². The molecule has 2 aliphatic heterocycles. The zero-order chi connectivity index (χ0) is 22.7. The normalized spacial score (nSPS) is 19.1. The van der Waals surface area contributed by atoms with Crippen LogP contribution in [0.1, 0.15) is 36.2 Å². The summed E-state index contributed by atoms with van der Waals surface area (Å²) in [6.07, 6.45) is 3.80. The Kier molecular flexibility index (Phi) is 6.88. The molecule has 2 aliphatic rings. The van der Waals surface area contributed by atoms with E-state index in [-0.39, 0.29) is 28.7 Å². The van der Waals surface area contributed by atoms with Crippen molar-refractivity contribution in [3.63, 3.8) is 0 Å². The van der Waals surface area contributed by atoms with Gasteiger partial charge in [0, 0.05) is 43.2 Å². The summed E-state index contributed by atoms with van der Waals surface area (Å²) >= 11 is 5.85. The first kappa shape index (κ1) is 22.8. The fraction of sp³-hybridized carbons (Fsp3) is 0.455. The lowest BCUT2D eigenvalue weighted by molar-refractivity contribution is -0.127. The zero-order valence-corrected chi connectivity index (χ0v) is 19.1. The number of hydrogen-bond acceptors (Lipinski definition) is 5. The Morgan fingerprint density at radius 3 is 2.22 bits per heavy atom. The third-order valence-corrected chi connectivity index (χ3v) is 8.30. The predicted octanol–water partition coefficient (Wildman–Crippen LogP) is 2.75. The molecule has 1 N–H and O–H groups in total. The molecular weight excluding hydrogens is 454 g/mol. The van der Waals surface area contributed by atoms with Crippen LogP contribution in [0.25, 0.3) is 0 Å². The molecule has 0 spiro atoms. The van der Waals surface area contributed by atoms with Gasteiger partial charge in [-0.25, -0.2) is 8.42 Å². The Morgan fingerprint density at radius 1 is 0.969 bits per heavy atom. The molecule has 2 amide bonds. The maximum Gasteiger partial charge on any atom is 0.289 e. The van der Waals surface area contributed by atoms with Crippen LogP contribution in [-0.2, 0) is 14.8 Å². The summed E-state index contributed by atoms with van der Waals surface area (Å²) in [6, 6.07) is 9.46. The van der Waals surface area contributed by atoms with E-state index in [9.17, 15) is 18.0 Å². The van der Waals surface area contributed by atoms with Crippen LogP contribution in [0.15, 0.2) is 52.0 Å². The lowest BCUT2D eigenvalue weighted by Crippen LogP contribution is -2.49. The van der Waals surface area contributed by atoms with Crippen molar-refractivity contribution < 1.29 is 22.4 Å². The summed E-state index contributed by atoms with van der Waals surface area (Å²) in [5.41, 5.74) is 0. The molecule has 2 fully saturated rings. The fourth-order valence-electron chi connectivity index (χ4n) is 4.22. The molecule has 0 saturated carbocycles. The monoisotopic (exact) mass is 479 g/mol. The van der Waals surface area contributed by atoms with Gasteiger partial charge in [0.05, 0.1) is 11.2 Å². The SMILES string of the molecule is O=C(NC1CCN(C(=O)c2ccco2)CC1)C1CCN(S(=O)(=O)c2ccc(Cl)cc2)CC1. The van der Waals surface area contributed by atoms with Crippen molar-refractivity contribution in [2.45, 2.75) is 36.6 Å². The van der Waals surface area contributed by atoms with Gasteiger partial charge in [-0.2, -0.15) is 4.31 Å². The first-order chi connectivity index (χ1) is 15.3. The predicted molar refractivity (Wildman–Crippen MR) is 119 cm³/mol. The van der Waals surface area contributed by atoms with E-state index in [4.69, 9.17) is 16.0 Å². The number of hydrogen-bond donors (Lipinski definition) is 1. The van der Waals surface area contributed by atoms with Crippen molar-refractivity contribution in [1.29, 1.82) is 0 Å². The van der Waals surface area contributed by atoms with Crippen molar-refractivity contribution in [3.05, 3.63) is 53.4 Å². The maximum atomic E-state index is 12.8. The highest BCUT2D eigenvalue weighted by Crippen LogP contribution is 2.25. The molecular formula is C22H26ClN3O5S. The number of nitrogens with one attached hydrogen (secondary N) is 1. The molecule has 0 radical (unpaired) electrons. The largest absolute Gasteiger partial charge is 0.459 e. The number of carbonyl (C=O) groups is 2. The second-order valence-corrected chi connectivity index (χ2v) is 10.6. The van der Waals surface area contributed by atoms with E-state index in [1.165, 1.54) is 22.7 Å². The lowest BCUT2D eigenvalue weighted by Gasteiger charge is -2.34. The minimum Gasteiger partial charge on any atom is -0.459 e. The number of sulfonamides is 1. The zero-order valence-electron chi connectivity index (χ0n) is 17.6. The van der Waals surface area contributed by atoms with E-state index in [1.54, 1.807) is 29.2 Å². The summed E-state index contributed by atoms with van der Waals surface area (Å²) in [4.78, 5) is 27.0. The first-order valence-electron chi connectivity index (χ1n) is 10.7. The van der Waals surface area contributed by atoms with E-state index < -0.39 is 10.0 Å². The second kappa shape index (κ2) is 9.64. The van der Waals surface area contributed by atoms with Gasteiger partial charge in [0.1, 0.15) is 0 Å². The maximum absolute atomic E-state index is 12.8. The Bertz CT molecular complexity index is 1040. The highest BCUT2D eigenvalue weighted by molar-refractivity contribution is 7.89. The molecule has 10 heteroatoms. The van der Waals surface area contributed by atoms with Crippen LogP contribution in [0, 0.1) is 5.92 Å². The minimum atomic E-state index is -3.59. The molecule has 0 unspecified atom stereocenters. The Balaban J connectivity index is 1.24. The molecule has 3 heterocycles.